The Bertz CT molecular complexity index is 388. The first kappa shape index (κ1) is 16.1. The second-order valence-electron chi connectivity index (χ2n) is 5.82. The molecule has 0 radical (unpaired) electrons. The third-order valence-corrected chi connectivity index (χ3v) is 4.22. The molecule has 0 heterocycles. The predicted molar refractivity (Wildman–Crippen MR) is 86.5 cm³/mol. The molecule has 0 aliphatic heterocycles. The molecule has 2 rings (SSSR count). The second-order valence-corrected chi connectivity index (χ2v) is 5.82. The van der Waals surface area contributed by atoms with Crippen molar-refractivity contribution in [2.45, 2.75) is 44.6 Å². The van der Waals surface area contributed by atoms with Crippen molar-refractivity contribution < 1.29 is 9.84 Å². The van der Waals surface area contributed by atoms with E-state index >= 15 is 0 Å². The van der Waals surface area contributed by atoms with Crippen LogP contribution in [0.25, 0.3) is 0 Å². The van der Waals surface area contributed by atoms with Crippen LogP contribution in [0.1, 0.15) is 38.5 Å². The van der Waals surface area contributed by atoms with Gasteiger partial charge in [-0.1, -0.05) is 19.3 Å². The average Bonchev–Trinajstić information content (AvgIpc) is 2.53. The highest BCUT2D eigenvalue weighted by Gasteiger charge is 2.20. The number of nitrogens with two attached hydrogens (primary N) is 1. The Morgan fingerprint density at radius 3 is 2.48 bits per heavy atom. The van der Waals surface area contributed by atoms with Crippen molar-refractivity contribution in [2.75, 3.05) is 32.0 Å². The molecule has 1 aromatic carbocycles. The van der Waals surface area contributed by atoms with E-state index in [1.54, 1.807) is 0 Å². The van der Waals surface area contributed by atoms with Crippen molar-refractivity contribution in [1.29, 1.82) is 0 Å². The normalized spacial score (nSPS) is 16.3. The highest BCUT2D eigenvalue weighted by atomic mass is 16.5. The first-order valence-electron chi connectivity index (χ1n) is 8.13. The van der Waals surface area contributed by atoms with Crippen LogP contribution in [-0.4, -0.2) is 42.4 Å². The van der Waals surface area contributed by atoms with Crippen molar-refractivity contribution in [1.82, 2.24) is 4.90 Å². The zero-order chi connectivity index (χ0) is 14.9. The lowest BCUT2D eigenvalue weighted by Crippen LogP contribution is -2.39. The van der Waals surface area contributed by atoms with Gasteiger partial charge in [0, 0.05) is 24.8 Å². The highest BCUT2D eigenvalue weighted by Crippen LogP contribution is 2.22. The molecule has 1 fully saturated rings. The van der Waals surface area contributed by atoms with Crippen LogP contribution in [-0.2, 0) is 0 Å². The summed E-state index contributed by atoms with van der Waals surface area (Å²) in [5.41, 5.74) is 6.41. The average molecular weight is 292 g/mol. The van der Waals surface area contributed by atoms with E-state index in [1.807, 2.05) is 24.3 Å². The maximum Gasteiger partial charge on any atom is 0.119 e. The molecule has 0 atom stereocenters. The lowest BCUT2D eigenvalue weighted by atomic mass is 9.94. The number of hydrogen-bond acceptors (Lipinski definition) is 4. The summed E-state index contributed by atoms with van der Waals surface area (Å²) in [6.45, 7) is 2.74. The van der Waals surface area contributed by atoms with Gasteiger partial charge in [-0.05, 0) is 43.5 Å². The van der Waals surface area contributed by atoms with E-state index in [0.717, 1.165) is 30.9 Å². The largest absolute Gasteiger partial charge is 0.494 e. The van der Waals surface area contributed by atoms with Crippen LogP contribution in [0.4, 0.5) is 5.69 Å². The van der Waals surface area contributed by atoms with Crippen LogP contribution in [0.3, 0.4) is 0 Å². The van der Waals surface area contributed by atoms with Gasteiger partial charge in [0.25, 0.3) is 0 Å². The number of aliphatic hydroxyl groups excluding tert-OH is 1. The monoisotopic (exact) mass is 292 g/mol. The van der Waals surface area contributed by atoms with E-state index in [2.05, 4.69) is 4.90 Å². The van der Waals surface area contributed by atoms with Crippen molar-refractivity contribution in [2.24, 2.45) is 0 Å². The summed E-state index contributed by atoms with van der Waals surface area (Å²) in [5, 5.41) is 9.24. The van der Waals surface area contributed by atoms with Crippen LogP contribution in [0.2, 0.25) is 0 Å². The van der Waals surface area contributed by atoms with Gasteiger partial charge in [-0.3, -0.25) is 4.90 Å². The van der Waals surface area contributed by atoms with E-state index in [1.165, 1.54) is 32.1 Å². The number of rotatable bonds is 8. The van der Waals surface area contributed by atoms with Crippen molar-refractivity contribution >= 4 is 5.69 Å². The second kappa shape index (κ2) is 8.90. The van der Waals surface area contributed by atoms with Gasteiger partial charge in [0.05, 0.1) is 13.2 Å². The minimum Gasteiger partial charge on any atom is -0.494 e. The summed E-state index contributed by atoms with van der Waals surface area (Å²) in [6, 6.07) is 8.18. The molecule has 0 saturated heterocycles. The number of hydrogen-bond donors (Lipinski definition) is 2. The molecule has 0 amide bonds. The van der Waals surface area contributed by atoms with Gasteiger partial charge in [-0.2, -0.15) is 0 Å². The molecule has 3 N–H and O–H groups in total. The molecule has 0 bridgehead atoms. The van der Waals surface area contributed by atoms with Gasteiger partial charge in [0.15, 0.2) is 0 Å². The zero-order valence-corrected chi connectivity index (χ0v) is 12.8. The molecular weight excluding hydrogens is 264 g/mol. The van der Waals surface area contributed by atoms with Crippen LogP contribution in [0, 0.1) is 0 Å². The molecule has 1 aliphatic carbocycles. The zero-order valence-electron chi connectivity index (χ0n) is 12.8. The van der Waals surface area contributed by atoms with Gasteiger partial charge >= 0.3 is 0 Å². The third-order valence-electron chi connectivity index (χ3n) is 4.22. The fraction of sp³-hybridized carbons (Fsp3) is 0.647. The summed E-state index contributed by atoms with van der Waals surface area (Å²) in [7, 11) is 0. The van der Waals surface area contributed by atoms with Crippen LogP contribution >= 0.6 is 0 Å². The summed E-state index contributed by atoms with van der Waals surface area (Å²) in [4.78, 5) is 2.44. The minimum atomic E-state index is 0.245. The summed E-state index contributed by atoms with van der Waals surface area (Å²) < 4.78 is 5.73. The molecular formula is C17H28N2O2. The van der Waals surface area contributed by atoms with E-state index in [4.69, 9.17) is 10.5 Å². The number of aliphatic hydroxyl groups is 1. The predicted octanol–water partition coefficient (Wildman–Crippen LogP) is 2.66. The first-order chi connectivity index (χ1) is 10.3. The quantitative estimate of drug-likeness (QED) is 0.571. The number of anilines is 1. The molecule has 21 heavy (non-hydrogen) atoms. The summed E-state index contributed by atoms with van der Waals surface area (Å²) in [6.07, 6.45) is 7.56. The maximum absolute atomic E-state index is 9.24. The Balaban J connectivity index is 1.70. The topological polar surface area (TPSA) is 58.7 Å². The molecule has 1 aromatic rings. The molecule has 1 aliphatic rings. The van der Waals surface area contributed by atoms with Gasteiger partial charge in [0.2, 0.25) is 0 Å². The highest BCUT2D eigenvalue weighted by molar-refractivity contribution is 5.41. The molecule has 0 spiro atoms. The fourth-order valence-electron chi connectivity index (χ4n) is 3.07. The van der Waals surface area contributed by atoms with Crippen molar-refractivity contribution in [3.05, 3.63) is 24.3 Å². The standard InChI is InChI=1S/C17H28N2O2/c18-15-7-9-17(10-8-15)21-14-4-11-19(12-13-20)16-5-2-1-3-6-16/h7-10,16,20H,1-6,11-14,18H2. The molecule has 4 nitrogen and oxygen atoms in total. The number of benzene rings is 1. The molecule has 1 saturated carbocycles. The van der Waals surface area contributed by atoms with Gasteiger partial charge in [-0.25, -0.2) is 0 Å². The van der Waals surface area contributed by atoms with E-state index < -0.39 is 0 Å². The maximum atomic E-state index is 9.24. The number of nitrogens with zero attached hydrogens (tertiary/aromatic N) is 1. The summed E-state index contributed by atoms with van der Waals surface area (Å²) >= 11 is 0. The Labute approximate surface area is 127 Å². The molecule has 4 heteroatoms. The van der Waals surface area contributed by atoms with Crippen LogP contribution < -0.4 is 10.5 Å². The Hall–Kier alpha value is -1.26. The van der Waals surface area contributed by atoms with E-state index in [-0.39, 0.29) is 6.61 Å². The lowest BCUT2D eigenvalue weighted by Gasteiger charge is -2.33. The summed E-state index contributed by atoms with van der Waals surface area (Å²) in [5.74, 6) is 0.871. The fourth-order valence-corrected chi connectivity index (χ4v) is 3.07. The van der Waals surface area contributed by atoms with Gasteiger partial charge in [-0.15, -0.1) is 0 Å². The van der Waals surface area contributed by atoms with E-state index in [9.17, 15) is 5.11 Å². The van der Waals surface area contributed by atoms with Crippen molar-refractivity contribution in [3.8, 4) is 5.75 Å². The third kappa shape index (κ3) is 5.56. The smallest absolute Gasteiger partial charge is 0.119 e. The van der Waals surface area contributed by atoms with Crippen LogP contribution in [0.5, 0.6) is 5.75 Å². The Kier molecular flexibility index (Phi) is 6.83. The molecule has 0 unspecified atom stereocenters. The molecule has 118 valence electrons. The van der Waals surface area contributed by atoms with Gasteiger partial charge in [0.1, 0.15) is 5.75 Å². The van der Waals surface area contributed by atoms with Crippen LogP contribution in [0.15, 0.2) is 24.3 Å². The Morgan fingerprint density at radius 1 is 1.10 bits per heavy atom. The number of ether oxygens (including phenoxy) is 1. The van der Waals surface area contributed by atoms with Gasteiger partial charge < -0.3 is 15.6 Å². The molecule has 0 aromatic heterocycles. The Morgan fingerprint density at radius 2 is 1.81 bits per heavy atom. The lowest BCUT2D eigenvalue weighted by molar-refractivity contribution is 0.116. The number of nitrogen functional groups attached to an aromatic ring is 1. The minimum absolute atomic E-state index is 0.245. The SMILES string of the molecule is Nc1ccc(OCCCN(CCO)C2CCCCC2)cc1. The van der Waals surface area contributed by atoms with E-state index in [0.29, 0.717) is 12.6 Å². The van der Waals surface area contributed by atoms with Crippen molar-refractivity contribution in [3.63, 3.8) is 0 Å². The first-order valence-corrected chi connectivity index (χ1v) is 8.13.